The smallest absolute Gasteiger partial charge is 0.124 e. The molecule has 100 valence electrons. The zero-order valence-electron chi connectivity index (χ0n) is 10.5. The SMILES string of the molecule is Cc1cc(C(Br)c2ccc(F)cc2Br)c(C)cc1Cl. The van der Waals surface area contributed by atoms with Crippen LogP contribution in [0.5, 0.6) is 0 Å². The summed E-state index contributed by atoms with van der Waals surface area (Å²) in [5.41, 5.74) is 4.26. The summed E-state index contributed by atoms with van der Waals surface area (Å²) < 4.78 is 13.9. The summed E-state index contributed by atoms with van der Waals surface area (Å²) in [7, 11) is 0. The maximum Gasteiger partial charge on any atom is 0.124 e. The first-order chi connectivity index (χ1) is 8.90. The van der Waals surface area contributed by atoms with Gasteiger partial charge in [-0.15, -0.1) is 0 Å². The lowest BCUT2D eigenvalue weighted by molar-refractivity contribution is 0.626. The van der Waals surface area contributed by atoms with Crippen LogP contribution < -0.4 is 0 Å². The van der Waals surface area contributed by atoms with Crippen molar-refractivity contribution in [1.82, 2.24) is 0 Å². The lowest BCUT2D eigenvalue weighted by atomic mass is 9.98. The van der Waals surface area contributed by atoms with Gasteiger partial charge in [-0.2, -0.15) is 0 Å². The van der Waals surface area contributed by atoms with E-state index in [2.05, 4.69) is 37.9 Å². The third-order valence-corrected chi connectivity index (χ3v) is 5.14. The van der Waals surface area contributed by atoms with Gasteiger partial charge in [0.2, 0.25) is 0 Å². The van der Waals surface area contributed by atoms with Crippen molar-refractivity contribution >= 4 is 43.5 Å². The van der Waals surface area contributed by atoms with Gasteiger partial charge in [0.15, 0.2) is 0 Å². The Morgan fingerprint density at radius 1 is 1.05 bits per heavy atom. The zero-order chi connectivity index (χ0) is 14.2. The van der Waals surface area contributed by atoms with Crippen molar-refractivity contribution in [3.05, 3.63) is 67.9 Å². The van der Waals surface area contributed by atoms with E-state index in [4.69, 9.17) is 11.6 Å². The van der Waals surface area contributed by atoms with Crippen LogP contribution >= 0.6 is 43.5 Å². The van der Waals surface area contributed by atoms with Gasteiger partial charge in [0.05, 0.1) is 4.83 Å². The number of halogens is 4. The third-order valence-electron chi connectivity index (χ3n) is 3.06. The maximum atomic E-state index is 13.1. The minimum atomic E-state index is -0.251. The lowest BCUT2D eigenvalue weighted by Crippen LogP contribution is -1.98. The first-order valence-electron chi connectivity index (χ1n) is 5.76. The molecule has 0 amide bonds. The van der Waals surface area contributed by atoms with Crippen LogP contribution in [0.3, 0.4) is 0 Å². The van der Waals surface area contributed by atoms with E-state index in [1.807, 2.05) is 19.9 Å². The summed E-state index contributed by atoms with van der Waals surface area (Å²) in [6.45, 7) is 4.00. The average molecular weight is 407 g/mol. The van der Waals surface area contributed by atoms with Crippen LogP contribution in [0.25, 0.3) is 0 Å². The Morgan fingerprint density at radius 3 is 2.37 bits per heavy atom. The highest BCUT2D eigenvalue weighted by Gasteiger charge is 2.17. The van der Waals surface area contributed by atoms with Crippen LogP contribution in [-0.4, -0.2) is 0 Å². The second-order valence-electron chi connectivity index (χ2n) is 4.49. The Labute approximate surface area is 134 Å². The van der Waals surface area contributed by atoms with Crippen LogP contribution in [0.2, 0.25) is 5.02 Å². The van der Waals surface area contributed by atoms with Crippen molar-refractivity contribution in [1.29, 1.82) is 0 Å². The predicted octanol–water partition coefficient (Wildman–Crippen LogP) is 6.34. The van der Waals surface area contributed by atoms with Crippen molar-refractivity contribution in [2.24, 2.45) is 0 Å². The molecule has 0 bridgehead atoms. The predicted molar refractivity (Wildman–Crippen MR) is 85.8 cm³/mol. The van der Waals surface area contributed by atoms with E-state index < -0.39 is 0 Å². The summed E-state index contributed by atoms with van der Waals surface area (Å²) in [5.74, 6) is -0.251. The van der Waals surface area contributed by atoms with Crippen LogP contribution in [0.1, 0.15) is 27.1 Å². The third kappa shape index (κ3) is 3.21. The minimum absolute atomic E-state index is 0.00144. The fourth-order valence-electron chi connectivity index (χ4n) is 1.95. The number of benzene rings is 2. The van der Waals surface area contributed by atoms with Crippen molar-refractivity contribution in [3.8, 4) is 0 Å². The number of alkyl halides is 1. The van der Waals surface area contributed by atoms with Crippen LogP contribution in [-0.2, 0) is 0 Å². The van der Waals surface area contributed by atoms with Gasteiger partial charge in [0, 0.05) is 9.50 Å². The fourth-order valence-corrected chi connectivity index (χ4v) is 3.95. The van der Waals surface area contributed by atoms with Crippen molar-refractivity contribution in [2.45, 2.75) is 18.7 Å². The molecule has 0 saturated heterocycles. The van der Waals surface area contributed by atoms with E-state index in [9.17, 15) is 4.39 Å². The molecular formula is C15H12Br2ClF. The first kappa shape index (κ1) is 15.0. The second kappa shape index (κ2) is 5.94. The number of hydrogen-bond acceptors (Lipinski definition) is 0. The Kier molecular flexibility index (Phi) is 4.70. The molecule has 4 heteroatoms. The topological polar surface area (TPSA) is 0 Å². The van der Waals surface area contributed by atoms with Gasteiger partial charge >= 0.3 is 0 Å². The normalized spacial score (nSPS) is 12.5. The van der Waals surface area contributed by atoms with E-state index in [0.717, 1.165) is 31.7 Å². The van der Waals surface area contributed by atoms with Gasteiger partial charge in [-0.25, -0.2) is 4.39 Å². The molecule has 0 N–H and O–H groups in total. The van der Waals surface area contributed by atoms with Gasteiger partial charge in [-0.1, -0.05) is 55.6 Å². The quantitative estimate of drug-likeness (QED) is 0.510. The molecule has 0 aliphatic heterocycles. The van der Waals surface area contributed by atoms with E-state index in [1.165, 1.54) is 12.1 Å². The highest BCUT2D eigenvalue weighted by Crippen LogP contribution is 2.38. The van der Waals surface area contributed by atoms with Crippen LogP contribution in [0.15, 0.2) is 34.8 Å². The van der Waals surface area contributed by atoms with Crippen LogP contribution in [0.4, 0.5) is 4.39 Å². The van der Waals surface area contributed by atoms with Crippen molar-refractivity contribution in [3.63, 3.8) is 0 Å². The van der Waals surface area contributed by atoms with Crippen molar-refractivity contribution < 1.29 is 4.39 Å². The highest BCUT2D eigenvalue weighted by atomic mass is 79.9. The molecule has 2 aromatic carbocycles. The van der Waals surface area contributed by atoms with E-state index in [-0.39, 0.29) is 10.6 Å². The van der Waals surface area contributed by atoms with Gasteiger partial charge in [-0.05, 0) is 54.3 Å². The Morgan fingerprint density at radius 2 is 1.74 bits per heavy atom. The molecule has 0 aliphatic rings. The molecule has 19 heavy (non-hydrogen) atoms. The Bertz CT molecular complexity index is 626. The summed E-state index contributed by atoms with van der Waals surface area (Å²) >= 11 is 13.2. The Hall–Kier alpha value is -0.380. The van der Waals surface area contributed by atoms with Crippen LogP contribution in [0, 0.1) is 19.7 Å². The van der Waals surface area contributed by atoms with E-state index in [1.54, 1.807) is 6.07 Å². The fraction of sp³-hybridized carbons (Fsp3) is 0.200. The summed E-state index contributed by atoms with van der Waals surface area (Å²) in [6.07, 6.45) is 0. The molecule has 0 radical (unpaired) electrons. The monoisotopic (exact) mass is 404 g/mol. The van der Waals surface area contributed by atoms with Gasteiger partial charge in [0.1, 0.15) is 5.82 Å². The summed E-state index contributed by atoms with van der Waals surface area (Å²) in [4.78, 5) is -0.00144. The lowest BCUT2D eigenvalue weighted by Gasteiger charge is -2.16. The van der Waals surface area contributed by atoms with Gasteiger partial charge in [0.25, 0.3) is 0 Å². The summed E-state index contributed by atoms with van der Waals surface area (Å²) in [6, 6.07) is 8.74. The molecule has 0 aromatic heterocycles. The second-order valence-corrected chi connectivity index (χ2v) is 6.66. The molecule has 2 aromatic rings. The Balaban J connectivity index is 2.49. The molecular weight excluding hydrogens is 394 g/mol. The molecule has 1 unspecified atom stereocenters. The number of aryl methyl sites for hydroxylation is 2. The largest absolute Gasteiger partial charge is 0.207 e. The average Bonchev–Trinajstić information content (AvgIpc) is 2.33. The summed E-state index contributed by atoms with van der Waals surface area (Å²) in [5, 5.41) is 0.763. The van der Waals surface area contributed by atoms with E-state index in [0.29, 0.717) is 0 Å². The van der Waals surface area contributed by atoms with Crippen molar-refractivity contribution in [2.75, 3.05) is 0 Å². The molecule has 1 atom stereocenters. The molecule has 0 heterocycles. The molecule has 0 aliphatic carbocycles. The molecule has 0 nitrogen and oxygen atoms in total. The molecule has 2 rings (SSSR count). The molecule has 0 fully saturated rings. The zero-order valence-corrected chi connectivity index (χ0v) is 14.4. The number of rotatable bonds is 2. The van der Waals surface area contributed by atoms with Gasteiger partial charge < -0.3 is 0 Å². The highest BCUT2D eigenvalue weighted by molar-refractivity contribution is 9.11. The number of hydrogen-bond donors (Lipinski definition) is 0. The maximum absolute atomic E-state index is 13.1. The minimum Gasteiger partial charge on any atom is -0.207 e. The van der Waals surface area contributed by atoms with E-state index >= 15 is 0 Å². The standard InChI is InChI=1S/C15H12Br2ClF/c1-8-6-14(18)9(2)5-12(8)15(17)11-4-3-10(19)7-13(11)16/h3-7,15H,1-2H3. The first-order valence-corrected chi connectivity index (χ1v) is 7.84. The molecule has 0 spiro atoms. The van der Waals surface area contributed by atoms with Gasteiger partial charge in [-0.3, -0.25) is 0 Å². The molecule has 0 saturated carbocycles.